The summed E-state index contributed by atoms with van der Waals surface area (Å²) in [4.78, 5) is -0.172. The normalized spacial score (nSPS) is 13.2. The first-order valence-corrected chi connectivity index (χ1v) is 19.0. The number of fused-ring (bicyclic) bond motifs is 1. The Bertz CT molecular complexity index is 1700. The van der Waals surface area contributed by atoms with E-state index in [2.05, 4.69) is 0 Å². The highest BCUT2D eigenvalue weighted by molar-refractivity contribution is 8.04. The molecule has 0 aliphatic carbocycles. The molecule has 7 nitrogen and oxygen atoms in total. The van der Waals surface area contributed by atoms with E-state index >= 15 is 0 Å². The predicted octanol–water partition coefficient (Wildman–Crippen LogP) is 8.68. The molecule has 4 aromatic carbocycles. The van der Waals surface area contributed by atoms with Crippen molar-refractivity contribution >= 4 is 30.8 Å². The molecular formula is C36H42F3NO6S2. The number of ether oxygens (including phenoxy) is 2. The number of halogens is 3. The largest absolute Gasteiger partial charge is 0.418 e. The molecule has 0 aliphatic heterocycles. The number of unbranched alkanes of at least 4 members (excludes halogenated alkanes) is 6. The average Bonchev–Trinajstić information content (AvgIpc) is 3.08. The Morgan fingerprint density at radius 2 is 1.04 bits per heavy atom. The van der Waals surface area contributed by atoms with Gasteiger partial charge < -0.3 is 9.47 Å². The van der Waals surface area contributed by atoms with Crippen molar-refractivity contribution in [2.24, 2.45) is 0 Å². The van der Waals surface area contributed by atoms with Gasteiger partial charge in [0.25, 0.3) is 20.0 Å². The lowest BCUT2D eigenvalue weighted by Crippen LogP contribution is -2.37. The third-order valence-corrected chi connectivity index (χ3v) is 12.2. The van der Waals surface area contributed by atoms with Gasteiger partial charge in [0.15, 0.2) is 6.10 Å². The Labute approximate surface area is 281 Å². The fraction of sp³-hybridized carbons (Fsp3) is 0.389. The summed E-state index contributed by atoms with van der Waals surface area (Å²) in [7, 11) is -8.58. The average molecular weight is 706 g/mol. The zero-order valence-corrected chi connectivity index (χ0v) is 28.4. The molecular weight excluding hydrogens is 664 g/mol. The van der Waals surface area contributed by atoms with E-state index in [4.69, 9.17) is 9.47 Å². The van der Waals surface area contributed by atoms with E-state index in [0.717, 1.165) is 42.9 Å². The van der Waals surface area contributed by atoms with Crippen LogP contribution in [0.5, 0.6) is 0 Å². The van der Waals surface area contributed by atoms with Crippen molar-refractivity contribution < 1.29 is 39.5 Å². The molecule has 0 bridgehead atoms. The smallest absolute Gasteiger partial charge is 0.381 e. The lowest BCUT2D eigenvalue weighted by atomic mass is 10.0. The summed E-state index contributed by atoms with van der Waals surface area (Å²) in [6.07, 6.45) is -1.21. The van der Waals surface area contributed by atoms with E-state index in [0.29, 0.717) is 36.2 Å². The molecule has 0 saturated heterocycles. The fourth-order valence-corrected chi connectivity index (χ4v) is 9.06. The molecule has 0 fully saturated rings. The Morgan fingerprint density at radius 1 is 0.562 bits per heavy atom. The van der Waals surface area contributed by atoms with Crippen LogP contribution in [0.4, 0.5) is 13.2 Å². The summed E-state index contributed by atoms with van der Waals surface area (Å²) in [6.45, 7) is 0.873. The second kappa shape index (κ2) is 17.9. The molecule has 0 heterocycles. The molecule has 0 spiro atoms. The molecule has 0 aliphatic rings. The van der Waals surface area contributed by atoms with Crippen LogP contribution >= 0.6 is 0 Å². The zero-order chi connectivity index (χ0) is 34.5. The van der Waals surface area contributed by atoms with Crippen LogP contribution in [0.25, 0.3) is 10.8 Å². The van der Waals surface area contributed by atoms with Gasteiger partial charge in [-0.15, -0.1) is 0 Å². The van der Waals surface area contributed by atoms with Crippen LogP contribution in [0.1, 0.15) is 63.0 Å². The standard InChI is InChI=1S/C36H42F3NO6S2/c37-36(38,39)35(32-24-23-30-17-11-12-18-31(30)29-32)46-28-16-4-3-15-27-45-26-14-2-1-13-25-40(47(41,42)33-19-7-5-8-20-33)48(43,44)34-21-9-6-10-22-34/h5-12,17-24,29,35H,1-4,13-16,25-28H2. The second-order valence-corrected chi connectivity index (χ2v) is 15.4. The number of hydrogen-bond acceptors (Lipinski definition) is 6. The lowest BCUT2D eigenvalue weighted by molar-refractivity contribution is -0.224. The molecule has 0 N–H and O–H groups in total. The molecule has 12 heteroatoms. The SMILES string of the molecule is O=S(=O)(c1ccccc1)N(CCCCCCOCCCCCCOC(c1ccc2ccccc2c1)C(F)(F)F)S(=O)(=O)c1ccccc1. The highest BCUT2D eigenvalue weighted by Gasteiger charge is 2.42. The van der Waals surface area contributed by atoms with Crippen molar-refractivity contribution in [3.63, 3.8) is 0 Å². The van der Waals surface area contributed by atoms with Crippen molar-refractivity contribution in [3.05, 3.63) is 109 Å². The number of sulfonamides is 2. The minimum absolute atomic E-state index is 0.00852. The van der Waals surface area contributed by atoms with Crippen LogP contribution in [0.3, 0.4) is 0 Å². The van der Waals surface area contributed by atoms with Crippen molar-refractivity contribution in [1.29, 1.82) is 0 Å². The molecule has 260 valence electrons. The van der Waals surface area contributed by atoms with E-state index in [1.807, 2.05) is 12.1 Å². The summed E-state index contributed by atoms with van der Waals surface area (Å²) < 4.78 is 106. The van der Waals surface area contributed by atoms with Crippen LogP contribution in [0.2, 0.25) is 0 Å². The van der Waals surface area contributed by atoms with Gasteiger partial charge in [0.1, 0.15) is 0 Å². The first-order valence-electron chi connectivity index (χ1n) is 16.1. The van der Waals surface area contributed by atoms with Gasteiger partial charge in [-0.2, -0.15) is 13.2 Å². The Hall–Kier alpha value is -3.29. The third kappa shape index (κ3) is 10.6. The van der Waals surface area contributed by atoms with Gasteiger partial charge >= 0.3 is 6.18 Å². The van der Waals surface area contributed by atoms with Gasteiger partial charge in [-0.3, -0.25) is 0 Å². The number of alkyl halides is 3. The van der Waals surface area contributed by atoms with Gasteiger partial charge in [-0.1, -0.05) is 102 Å². The van der Waals surface area contributed by atoms with Crippen LogP contribution < -0.4 is 0 Å². The van der Waals surface area contributed by atoms with Gasteiger partial charge in [0.2, 0.25) is 0 Å². The molecule has 0 amide bonds. The lowest BCUT2D eigenvalue weighted by Gasteiger charge is -2.22. The van der Waals surface area contributed by atoms with E-state index in [-0.39, 0.29) is 28.5 Å². The maximum absolute atomic E-state index is 13.7. The number of nitrogens with zero attached hydrogens (tertiary/aromatic N) is 1. The van der Waals surface area contributed by atoms with E-state index < -0.39 is 32.3 Å². The first-order chi connectivity index (χ1) is 23.0. The first kappa shape index (κ1) is 37.5. The highest BCUT2D eigenvalue weighted by atomic mass is 32.3. The minimum atomic E-state index is -4.50. The molecule has 4 rings (SSSR count). The quantitative estimate of drug-likeness (QED) is 0.0856. The Balaban J connectivity index is 1.11. The van der Waals surface area contributed by atoms with Gasteiger partial charge in [0, 0.05) is 26.4 Å². The summed E-state index contributed by atoms with van der Waals surface area (Å²) >= 11 is 0. The summed E-state index contributed by atoms with van der Waals surface area (Å²) in [6, 6.07) is 27.0. The summed E-state index contributed by atoms with van der Waals surface area (Å²) in [5, 5.41) is 1.61. The summed E-state index contributed by atoms with van der Waals surface area (Å²) in [5.41, 5.74) is 0.0985. The monoisotopic (exact) mass is 705 g/mol. The van der Waals surface area contributed by atoms with Crippen LogP contribution in [0.15, 0.2) is 113 Å². The van der Waals surface area contributed by atoms with E-state index in [1.54, 1.807) is 54.6 Å². The molecule has 0 saturated carbocycles. The maximum atomic E-state index is 13.7. The van der Waals surface area contributed by atoms with Gasteiger partial charge in [-0.25, -0.2) is 16.8 Å². The van der Waals surface area contributed by atoms with E-state index in [9.17, 15) is 30.0 Å². The third-order valence-electron chi connectivity index (χ3n) is 7.84. The second-order valence-electron chi connectivity index (χ2n) is 11.5. The number of rotatable bonds is 20. The molecule has 1 atom stereocenters. The zero-order valence-electron chi connectivity index (χ0n) is 26.7. The Kier molecular flexibility index (Phi) is 14.0. The fourth-order valence-electron chi connectivity index (χ4n) is 5.30. The topological polar surface area (TPSA) is 90.0 Å². The molecule has 0 aromatic heterocycles. The van der Waals surface area contributed by atoms with E-state index in [1.165, 1.54) is 36.4 Å². The van der Waals surface area contributed by atoms with Crippen LogP contribution in [-0.4, -0.2) is 53.1 Å². The van der Waals surface area contributed by atoms with Crippen LogP contribution in [-0.2, 0) is 29.5 Å². The van der Waals surface area contributed by atoms with Crippen molar-refractivity contribution in [2.45, 2.75) is 73.4 Å². The minimum Gasteiger partial charge on any atom is -0.381 e. The maximum Gasteiger partial charge on any atom is 0.418 e. The van der Waals surface area contributed by atoms with Crippen LogP contribution in [0, 0.1) is 0 Å². The van der Waals surface area contributed by atoms with Gasteiger partial charge in [0.05, 0.1) is 9.79 Å². The number of benzene rings is 4. The number of hydrogen-bond donors (Lipinski definition) is 0. The van der Waals surface area contributed by atoms with Crippen molar-refractivity contribution in [1.82, 2.24) is 3.71 Å². The van der Waals surface area contributed by atoms with Crippen molar-refractivity contribution in [3.8, 4) is 0 Å². The molecule has 0 radical (unpaired) electrons. The van der Waals surface area contributed by atoms with Gasteiger partial charge in [-0.05, 0) is 72.4 Å². The molecule has 48 heavy (non-hydrogen) atoms. The molecule has 1 unspecified atom stereocenters. The molecule has 4 aromatic rings. The Morgan fingerprint density at radius 3 is 1.58 bits per heavy atom. The highest BCUT2D eigenvalue weighted by Crippen LogP contribution is 2.37. The van der Waals surface area contributed by atoms with Crippen molar-refractivity contribution in [2.75, 3.05) is 26.4 Å². The summed E-state index contributed by atoms with van der Waals surface area (Å²) in [5.74, 6) is 0. The predicted molar refractivity (Wildman–Crippen MR) is 180 cm³/mol.